The number of rotatable bonds is 4. The molecule has 0 aromatic heterocycles. The molecule has 5 heteroatoms. The highest BCUT2D eigenvalue weighted by atomic mass is 19.1. The largest absolute Gasteiger partial charge is 0.296 e. The number of nitrogens with one attached hydrogen (secondary N) is 1. The maximum atomic E-state index is 14.1. The summed E-state index contributed by atoms with van der Waals surface area (Å²) >= 11 is 0. The fraction of sp³-hybridized carbons (Fsp3) is 0.625. The molecule has 1 aromatic rings. The van der Waals surface area contributed by atoms with Crippen molar-refractivity contribution in [2.75, 3.05) is 13.1 Å². The minimum Gasteiger partial charge on any atom is -0.296 e. The summed E-state index contributed by atoms with van der Waals surface area (Å²) < 4.78 is 27.2. The number of hydrazine groups is 1. The van der Waals surface area contributed by atoms with E-state index in [1.807, 2.05) is 0 Å². The highest BCUT2D eigenvalue weighted by Crippen LogP contribution is 2.33. The molecular formula is C16H25F2N3. The normalized spacial score (nSPS) is 19.3. The van der Waals surface area contributed by atoms with Gasteiger partial charge in [-0.2, -0.15) is 0 Å². The van der Waals surface area contributed by atoms with Crippen LogP contribution in [0.3, 0.4) is 0 Å². The molecule has 0 saturated carbocycles. The van der Waals surface area contributed by atoms with Crippen molar-refractivity contribution in [1.82, 2.24) is 10.3 Å². The van der Waals surface area contributed by atoms with Crippen LogP contribution in [0.2, 0.25) is 0 Å². The van der Waals surface area contributed by atoms with Crippen molar-refractivity contribution in [3.05, 3.63) is 35.4 Å². The van der Waals surface area contributed by atoms with Gasteiger partial charge in [0.15, 0.2) is 0 Å². The predicted molar refractivity (Wildman–Crippen MR) is 80.5 cm³/mol. The average Bonchev–Trinajstić information content (AvgIpc) is 2.71. The summed E-state index contributed by atoms with van der Waals surface area (Å²) in [5.41, 5.74) is 2.79. The van der Waals surface area contributed by atoms with Crippen LogP contribution in [-0.2, 0) is 0 Å². The lowest BCUT2D eigenvalue weighted by molar-refractivity contribution is 0.0819. The minimum absolute atomic E-state index is 0.349. The Balaban J connectivity index is 2.29. The van der Waals surface area contributed by atoms with E-state index in [0.29, 0.717) is 5.56 Å². The van der Waals surface area contributed by atoms with E-state index in [-0.39, 0.29) is 5.54 Å². The second kappa shape index (κ2) is 6.81. The van der Waals surface area contributed by atoms with Gasteiger partial charge < -0.3 is 0 Å². The lowest BCUT2D eigenvalue weighted by Crippen LogP contribution is -2.54. The Labute approximate surface area is 125 Å². The molecule has 0 aliphatic carbocycles. The van der Waals surface area contributed by atoms with Gasteiger partial charge in [-0.1, -0.05) is 18.9 Å². The summed E-state index contributed by atoms with van der Waals surface area (Å²) in [5.74, 6) is 4.58. The molecule has 118 valence electrons. The van der Waals surface area contributed by atoms with Crippen molar-refractivity contribution >= 4 is 0 Å². The number of nitrogens with zero attached hydrogens (tertiary/aromatic N) is 1. The number of hydrogen-bond donors (Lipinski definition) is 2. The van der Waals surface area contributed by atoms with Gasteiger partial charge in [0.1, 0.15) is 11.6 Å². The van der Waals surface area contributed by atoms with Gasteiger partial charge in [-0.3, -0.25) is 16.2 Å². The fourth-order valence-corrected chi connectivity index (χ4v) is 3.24. The Hall–Kier alpha value is -1.04. The Morgan fingerprint density at radius 2 is 1.76 bits per heavy atom. The molecule has 1 heterocycles. The van der Waals surface area contributed by atoms with Gasteiger partial charge in [0.05, 0.1) is 6.04 Å². The number of halogens is 2. The molecule has 21 heavy (non-hydrogen) atoms. The van der Waals surface area contributed by atoms with Crippen molar-refractivity contribution in [2.24, 2.45) is 5.84 Å². The maximum absolute atomic E-state index is 14.1. The van der Waals surface area contributed by atoms with E-state index >= 15 is 0 Å². The number of benzene rings is 1. The summed E-state index contributed by atoms with van der Waals surface area (Å²) in [4.78, 5) is 2.35. The Morgan fingerprint density at radius 1 is 1.14 bits per heavy atom. The third-order valence-corrected chi connectivity index (χ3v) is 4.57. The minimum atomic E-state index is -0.570. The van der Waals surface area contributed by atoms with E-state index in [4.69, 9.17) is 5.84 Å². The molecule has 1 fully saturated rings. The molecule has 1 saturated heterocycles. The van der Waals surface area contributed by atoms with Crippen molar-refractivity contribution < 1.29 is 8.78 Å². The zero-order valence-corrected chi connectivity index (χ0v) is 12.8. The molecule has 1 aliphatic heterocycles. The molecule has 1 atom stereocenters. The van der Waals surface area contributed by atoms with Gasteiger partial charge in [0.2, 0.25) is 0 Å². The zero-order chi connectivity index (χ0) is 15.5. The molecule has 2 rings (SSSR count). The highest BCUT2D eigenvalue weighted by molar-refractivity contribution is 5.25. The van der Waals surface area contributed by atoms with Gasteiger partial charge >= 0.3 is 0 Å². The van der Waals surface area contributed by atoms with Crippen LogP contribution in [0.25, 0.3) is 0 Å². The average molecular weight is 297 g/mol. The fourth-order valence-electron chi connectivity index (χ4n) is 3.24. The van der Waals surface area contributed by atoms with E-state index in [9.17, 15) is 8.78 Å². The molecule has 1 unspecified atom stereocenters. The van der Waals surface area contributed by atoms with Gasteiger partial charge in [-0.15, -0.1) is 0 Å². The number of nitrogens with two attached hydrogens (primary N) is 1. The van der Waals surface area contributed by atoms with Crippen LogP contribution in [0.4, 0.5) is 8.78 Å². The van der Waals surface area contributed by atoms with Crippen LogP contribution in [0.15, 0.2) is 18.2 Å². The van der Waals surface area contributed by atoms with Gasteiger partial charge in [0, 0.05) is 17.2 Å². The highest BCUT2D eigenvalue weighted by Gasteiger charge is 2.37. The smallest absolute Gasteiger partial charge is 0.131 e. The van der Waals surface area contributed by atoms with E-state index < -0.39 is 17.7 Å². The van der Waals surface area contributed by atoms with Gasteiger partial charge in [-0.05, 0) is 45.8 Å². The van der Waals surface area contributed by atoms with Crippen molar-refractivity contribution in [2.45, 2.75) is 51.1 Å². The Bertz CT molecular complexity index is 469. The van der Waals surface area contributed by atoms with Crippen LogP contribution in [0.1, 0.15) is 51.1 Å². The predicted octanol–water partition coefficient (Wildman–Crippen LogP) is 3.12. The third kappa shape index (κ3) is 3.59. The first-order valence-corrected chi connectivity index (χ1v) is 7.63. The standard InChI is InChI=1S/C16H25F2N3/c1-16(2,21-9-5-3-4-6-10-21)15(20-19)13-8-7-12(17)11-14(13)18/h7-8,11,15,20H,3-6,9-10,19H2,1-2H3. The first kappa shape index (κ1) is 16.3. The second-order valence-electron chi connectivity index (χ2n) is 6.32. The van der Waals surface area contributed by atoms with E-state index in [1.165, 1.54) is 25.0 Å². The lowest BCUT2D eigenvalue weighted by atomic mass is 9.86. The van der Waals surface area contributed by atoms with E-state index in [1.54, 1.807) is 0 Å². The lowest BCUT2D eigenvalue weighted by Gasteiger charge is -2.44. The second-order valence-corrected chi connectivity index (χ2v) is 6.32. The first-order chi connectivity index (χ1) is 9.96. The number of hydrogen-bond acceptors (Lipinski definition) is 3. The third-order valence-electron chi connectivity index (χ3n) is 4.57. The summed E-state index contributed by atoms with van der Waals surface area (Å²) in [6, 6.07) is 3.28. The molecule has 1 aliphatic rings. The van der Waals surface area contributed by atoms with Crippen LogP contribution in [0, 0.1) is 11.6 Å². The molecule has 0 bridgehead atoms. The van der Waals surface area contributed by atoms with Crippen LogP contribution < -0.4 is 11.3 Å². The molecule has 0 spiro atoms. The molecule has 3 N–H and O–H groups in total. The van der Waals surface area contributed by atoms with Gasteiger partial charge in [0.25, 0.3) is 0 Å². The molecule has 0 radical (unpaired) electrons. The Kier molecular flexibility index (Phi) is 5.30. The van der Waals surface area contributed by atoms with Crippen molar-refractivity contribution in [3.8, 4) is 0 Å². The summed E-state index contributed by atoms with van der Waals surface area (Å²) in [5, 5.41) is 0. The van der Waals surface area contributed by atoms with Crippen molar-refractivity contribution in [1.29, 1.82) is 0 Å². The topological polar surface area (TPSA) is 41.3 Å². The molecule has 3 nitrogen and oxygen atoms in total. The summed E-state index contributed by atoms with van der Waals surface area (Å²) in [6.45, 7) is 6.08. The van der Waals surface area contributed by atoms with Crippen LogP contribution in [-0.4, -0.2) is 23.5 Å². The Morgan fingerprint density at radius 3 is 2.29 bits per heavy atom. The van der Waals surface area contributed by atoms with E-state index in [0.717, 1.165) is 32.0 Å². The van der Waals surface area contributed by atoms with Crippen LogP contribution in [0.5, 0.6) is 0 Å². The summed E-state index contributed by atoms with van der Waals surface area (Å²) in [7, 11) is 0. The monoisotopic (exact) mass is 297 g/mol. The molecule has 1 aromatic carbocycles. The SMILES string of the molecule is CC(C)(C(NN)c1ccc(F)cc1F)N1CCCCCC1. The molecular weight excluding hydrogens is 272 g/mol. The van der Waals surface area contributed by atoms with Gasteiger partial charge in [-0.25, -0.2) is 8.78 Å². The zero-order valence-electron chi connectivity index (χ0n) is 12.8. The van der Waals surface area contributed by atoms with Crippen molar-refractivity contribution in [3.63, 3.8) is 0 Å². The number of likely N-dealkylation sites (tertiary alicyclic amines) is 1. The summed E-state index contributed by atoms with van der Waals surface area (Å²) in [6.07, 6.45) is 4.76. The van der Waals surface area contributed by atoms with Crippen LogP contribution >= 0.6 is 0 Å². The first-order valence-electron chi connectivity index (χ1n) is 7.63. The van der Waals surface area contributed by atoms with E-state index in [2.05, 4.69) is 24.2 Å². The molecule has 0 amide bonds. The maximum Gasteiger partial charge on any atom is 0.131 e. The quantitative estimate of drug-likeness (QED) is 0.663.